The maximum absolute atomic E-state index is 13.4. The number of benzene rings is 1. The Balaban J connectivity index is 1.25. The van der Waals surface area contributed by atoms with Crippen LogP contribution in [0, 0.1) is 11.7 Å². The van der Waals surface area contributed by atoms with Gasteiger partial charge in [0.15, 0.2) is 0 Å². The molecule has 31 heavy (non-hydrogen) atoms. The fourth-order valence-corrected chi connectivity index (χ4v) is 4.40. The van der Waals surface area contributed by atoms with Crippen LogP contribution in [0.1, 0.15) is 48.9 Å². The molecular weight excluding hydrogens is 395 g/mol. The highest BCUT2D eigenvalue weighted by atomic mass is 19.1. The van der Waals surface area contributed by atoms with Crippen LogP contribution in [0.25, 0.3) is 11.3 Å². The van der Waals surface area contributed by atoms with Gasteiger partial charge in [-0.25, -0.2) is 4.39 Å². The number of rotatable bonds is 5. The number of piperidine rings is 1. The highest BCUT2D eigenvalue weighted by Gasteiger charge is 2.28. The maximum Gasteiger partial charge on any atom is 0.253 e. The van der Waals surface area contributed by atoms with Crippen molar-refractivity contribution in [3.8, 4) is 11.3 Å². The average molecular weight is 425 g/mol. The van der Waals surface area contributed by atoms with Crippen molar-refractivity contribution >= 4 is 11.8 Å². The van der Waals surface area contributed by atoms with Crippen LogP contribution in [0.2, 0.25) is 0 Å². The molecule has 164 valence electrons. The Kier molecular flexibility index (Phi) is 6.92. The van der Waals surface area contributed by atoms with Crippen LogP contribution in [-0.2, 0) is 4.79 Å². The van der Waals surface area contributed by atoms with Crippen molar-refractivity contribution in [2.45, 2.75) is 50.6 Å². The summed E-state index contributed by atoms with van der Waals surface area (Å²) in [6.07, 6.45) is 6.67. The third kappa shape index (κ3) is 5.67. The minimum atomic E-state index is -0.318. The first-order chi connectivity index (χ1) is 15.1. The summed E-state index contributed by atoms with van der Waals surface area (Å²) in [5.41, 5.74) is 1.77. The first-order valence-electron chi connectivity index (χ1n) is 11.1. The Labute approximate surface area is 182 Å². The zero-order valence-corrected chi connectivity index (χ0v) is 17.6. The molecule has 1 aromatic heterocycles. The standard InChI is InChI=1S/C24H29FN4O2/c25-19-3-1-2-17(14-19)22-9-6-18(15-27-22)24(31)28-20-7-4-16(5-8-20)23(30)29-21-10-12-26-13-11-21/h1-3,6,9,14-16,20-21,26H,4-5,7-8,10-13H2,(H,28,31)(H,29,30). The highest BCUT2D eigenvalue weighted by molar-refractivity contribution is 5.94. The zero-order chi connectivity index (χ0) is 21.6. The van der Waals surface area contributed by atoms with Gasteiger partial charge in [0.2, 0.25) is 5.91 Å². The largest absolute Gasteiger partial charge is 0.353 e. The summed E-state index contributed by atoms with van der Waals surface area (Å²) >= 11 is 0. The van der Waals surface area contributed by atoms with E-state index < -0.39 is 0 Å². The lowest BCUT2D eigenvalue weighted by molar-refractivity contribution is -0.126. The van der Waals surface area contributed by atoms with Gasteiger partial charge in [0.1, 0.15) is 5.82 Å². The van der Waals surface area contributed by atoms with E-state index >= 15 is 0 Å². The van der Waals surface area contributed by atoms with Gasteiger partial charge >= 0.3 is 0 Å². The Hall–Kier alpha value is -2.80. The molecule has 1 saturated carbocycles. The third-order valence-corrected chi connectivity index (χ3v) is 6.26. The molecule has 0 unspecified atom stereocenters. The number of aromatic nitrogens is 1. The molecule has 2 heterocycles. The van der Waals surface area contributed by atoms with E-state index in [9.17, 15) is 14.0 Å². The fourth-order valence-electron chi connectivity index (χ4n) is 4.40. The molecule has 2 aliphatic rings. The molecule has 3 N–H and O–H groups in total. The quantitative estimate of drug-likeness (QED) is 0.689. The van der Waals surface area contributed by atoms with Gasteiger partial charge in [-0.05, 0) is 75.9 Å². The Morgan fingerprint density at radius 2 is 1.68 bits per heavy atom. The van der Waals surface area contributed by atoms with Crippen LogP contribution < -0.4 is 16.0 Å². The topological polar surface area (TPSA) is 83.1 Å². The van der Waals surface area contributed by atoms with Gasteiger partial charge in [-0.3, -0.25) is 14.6 Å². The Morgan fingerprint density at radius 3 is 2.35 bits per heavy atom. The summed E-state index contributed by atoms with van der Waals surface area (Å²) in [6, 6.07) is 10.0. The van der Waals surface area contributed by atoms with Gasteiger partial charge in [-0.1, -0.05) is 12.1 Å². The number of nitrogens with one attached hydrogen (secondary N) is 3. The number of carbonyl (C=O) groups is 2. The van der Waals surface area contributed by atoms with E-state index in [0.29, 0.717) is 16.8 Å². The number of halogens is 1. The lowest BCUT2D eigenvalue weighted by Gasteiger charge is -2.30. The van der Waals surface area contributed by atoms with Crippen LogP contribution in [-0.4, -0.2) is 42.0 Å². The zero-order valence-electron chi connectivity index (χ0n) is 17.6. The number of hydrogen-bond acceptors (Lipinski definition) is 4. The van der Waals surface area contributed by atoms with Crippen LogP contribution in [0.15, 0.2) is 42.6 Å². The second-order valence-corrected chi connectivity index (χ2v) is 8.50. The van der Waals surface area contributed by atoms with Crippen LogP contribution in [0.4, 0.5) is 4.39 Å². The molecule has 0 radical (unpaired) electrons. The van der Waals surface area contributed by atoms with Crippen molar-refractivity contribution in [2.75, 3.05) is 13.1 Å². The second-order valence-electron chi connectivity index (χ2n) is 8.50. The normalized spacial score (nSPS) is 22.0. The SMILES string of the molecule is O=C(NC1CCC(C(=O)NC2CCNCC2)CC1)c1ccc(-c2cccc(F)c2)nc1. The van der Waals surface area contributed by atoms with E-state index in [-0.39, 0.29) is 35.6 Å². The Bertz CT molecular complexity index is 904. The molecule has 0 atom stereocenters. The molecule has 2 aromatic rings. The van der Waals surface area contributed by atoms with Crippen LogP contribution in [0.3, 0.4) is 0 Å². The van der Waals surface area contributed by atoms with Crippen molar-refractivity contribution in [3.63, 3.8) is 0 Å². The van der Waals surface area contributed by atoms with Gasteiger partial charge in [0.25, 0.3) is 5.91 Å². The van der Waals surface area contributed by atoms with E-state index in [4.69, 9.17) is 0 Å². The lowest BCUT2D eigenvalue weighted by Crippen LogP contribution is -2.46. The van der Waals surface area contributed by atoms with Crippen molar-refractivity contribution in [1.82, 2.24) is 20.9 Å². The summed E-state index contributed by atoms with van der Waals surface area (Å²) < 4.78 is 13.4. The van der Waals surface area contributed by atoms with Crippen molar-refractivity contribution < 1.29 is 14.0 Å². The minimum Gasteiger partial charge on any atom is -0.353 e. The molecule has 4 rings (SSSR count). The van der Waals surface area contributed by atoms with Crippen molar-refractivity contribution in [2.24, 2.45) is 5.92 Å². The molecule has 7 heteroatoms. The van der Waals surface area contributed by atoms with Gasteiger partial charge in [-0.15, -0.1) is 0 Å². The van der Waals surface area contributed by atoms with Crippen molar-refractivity contribution in [3.05, 3.63) is 54.0 Å². The molecule has 0 spiro atoms. The van der Waals surface area contributed by atoms with E-state index in [1.54, 1.807) is 24.3 Å². The molecule has 0 bridgehead atoms. The number of amides is 2. The van der Waals surface area contributed by atoms with E-state index in [1.807, 2.05) is 0 Å². The van der Waals surface area contributed by atoms with Gasteiger partial charge in [0.05, 0.1) is 11.3 Å². The molecule has 1 saturated heterocycles. The molecular formula is C24H29FN4O2. The van der Waals surface area contributed by atoms with E-state index in [0.717, 1.165) is 51.6 Å². The van der Waals surface area contributed by atoms with Crippen LogP contribution >= 0.6 is 0 Å². The minimum absolute atomic E-state index is 0.0373. The summed E-state index contributed by atoms with van der Waals surface area (Å²) in [4.78, 5) is 29.4. The molecule has 1 aliphatic carbocycles. The molecule has 1 aliphatic heterocycles. The van der Waals surface area contributed by atoms with E-state index in [1.165, 1.54) is 18.3 Å². The van der Waals surface area contributed by atoms with Crippen molar-refractivity contribution in [1.29, 1.82) is 0 Å². The fraction of sp³-hybridized carbons (Fsp3) is 0.458. The summed E-state index contributed by atoms with van der Waals surface area (Å²) in [5.74, 6) is -0.286. The molecule has 2 fully saturated rings. The smallest absolute Gasteiger partial charge is 0.253 e. The lowest BCUT2D eigenvalue weighted by atomic mass is 9.85. The van der Waals surface area contributed by atoms with Gasteiger partial charge < -0.3 is 16.0 Å². The predicted molar refractivity (Wildman–Crippen MR) is 117 cm³/mol. The second kappa shape index (κ2) is 10.0. The van der Waals surface area contributed by atoms with Gasteiger partial charge in [0, 0.05) is 29.8 Å². The summed E-state index contributed by atoms with van der Waals surface area (Å²) in [7, 11) is 0. The number of pyridine rings is 1. The van der Waals surface area contributed by atoms with Crippen LogP contribution in [0.5, 0.6) is 0 Å². The number of hydrogen-bond donors (Lipinski definition) is 3. The first kappa shape index (κ1) is 21.4. The Morgan fingerprint density at radius 1 is 0.935 bits per heavy atom. The first-order valence-corrected chi connectivity index (χ1v) is 11.1. The highest BCUT2D eigenvalue weighted by Crippen LogP contribution is 2.25. The summed E-state index contributed by atoms with van der Waals surface area (Å²) in [6.45, 7) is 1.92. The molecule has 6 nitrogen and oxygen atoms in total. The maximum atomic E-state index is 13.4. The third-order valence-electron chi connectivity index (χ3n) is 6.26. The molecule has 1 aromatic carbocycles. The summed E-state index contributed by atoms with van der Waals surface area (Å²) in [5, 5.41) is 9.57. The molecule has 2 amide bonds. The average Bonchev–Trinajstić information content (AvgIpc) is 2.80. The number of nitrogens with zero attached hydrogens (tertiary/aromatic N) is 1. The monoisotopic (exact) mass is 424 g/mol. The number of carbonyl (C=O) groups excluding carboxylic acids is 2. The van der Waals surface area contributed by atoms with E-state index in [2.05, 4.69) is 20.9 Å². The predicted octanol–water partition coefficient (Wildman–Crippen LogP) is 3.04. The van der Waals surface area contributed by atoms with Gasteiger partial charge in [-0.2, -0.15) is 0 Å².